The van der Waals surface area contributed by atoms with Crippen molar-refractivity contribution in [1.82, 2.24) is 0 Å². The maximum atomic E-state index is 8.61. The first-order chi connectivity index (χ1) is 7.72. The largest absolute Gasteiger partial charge is 0.496 e. The van der Waals surface area contributed by atoms with Gasteiger partial charge in [-0.25, -0.2) is 0 Å². The van der Waals surface area contributed by atoms with Crippen molar-refractivity contribution in [3.63, 3.8) is 0 Å². The number of rotatable bonds is 5. The first-order valence-corrected chi connectivity index (χ1v) is 5.76. The van der Waals surface area contributed by atoms with Gasteiger partial charge in [-0.05, 0) is 36.0 Å². The highest BCUT2D eigenvalue weighted by atomic mass is 16.5. The van der Waals surface area contributed by atoms with Crippen LogP contribution in [0.2, 0.25) is 0 Å². The van der Waals surface area contributed by atoms with Crippen molar-refractivity contribution < 1.29 is 4.74 Å². The first-order valence-electron chi connectivity index (χ1n) is 5.76. The van der Waals surface area contributed by atoms with Gasteiger partial charge in [0.2, 0.25) is 0 Å². The maximum Gasteiger partial charge on any atom is 0.122 e. The van der Waals surface area contributed by atoms with Gasteiger partial charge in [-0.15, -0.1) is 0 Å². The number of hydrogen-bond donors (Lipinski definition) is 0. The average Bonchev–Trinajstić information content (AvgIpc) is 2.35. The van der Waals surface area contributed by atoms with E-state index in [0.717, 1.165) is 18.6 Å². The van der Waals surface area contributed by atoms with Crippen LogP contribution in [-0.2, 0) is 6.42 Å². The van der Waals surface area contributed by atoms with Gasteiger partial charge in [-0.2, -0.15) is 5.26 Å². The van der Waals surface area contributed by atoms with Crippen LogP contribution in [0.15, 0.2) is 18.2 Å². The molecular weight excluding hydrogens is 198 g/mol. The molecule has 0 N–H and O–H groups in total. The molecule has 0 aliphatic heterocycles. The van der Waals surface area contributed by atoms with E-state index in [1.807, 2.05) is 6.07 Å². The topological polar surface area (TPSA) is 33.0 Å². The molecule has 0 saturated heterocycles. The Bertz CT molecular complexity index is 379. The molecule has 0 bridgehead atoms. The van der Waals surface area contributed by atoms with Crippen molar-refractivity contribution in [2.24, 2.45) is 0 Å². The fraction of sp³-hybridized carbons (Fsp3) is 0.500. The van der Waals surface area contributed by atoms with Crippen LogP contribution in [0.25, 0.3) is 0 Å². The predicted molar refractivity (Wildman–Crippen MR) is 65.6 cm³/mol. The van der Waals surface area contributed by atoms with Crippen LogP contribution in [0.1, 0.15) is 43.7 Å². The van der Waals surface area contributed by atoms with Crippen molar-refractivity contribution in [3.05, 3.63) is 29.3 Å². The van der Waals surface area contributed by atoms with Crippen LogP contribution in [0.5, 0.6) is 5.75 Å². The van der Waals surface area contributed by atoms with Gasteiger partial charge in [0.15, 0.2) is 0 Å². The van der Waals surface area contributed by atoms with E-state index in [4.69, 9.17) is 10.00 Å². The van der Waals surface area contributed by atoms with Crippen LogP contribution < -0.4 is 4.74 Å². The second-order valence-corrected chi connectivity index (χ2v) is 4.03. The minimum atomic E-state index is 0.376. The lowest BCUT2D eigenvalue weighted by Gasteiger charge is -2.15. The molecule has 0 aromatic heterocycles. The minimum absolute atomic E-state index is 0.376. The molecular formula is C14H19NO. The highest BCUT2D eigenvalue weighted by Gasteiger charge is 2.11. The molecule has 1 aromatic rings. The van der Waals surface area contributed by atoms with Gasteiger partial charge in [0, 0.05) is 6.42 Å². The normalized spacial score (nSPS) is 11.9. The van der Waals surface area contributed by atoms with E-state index in [0.29, 0.717) is 12.3 Å². The third-order valence-corrected chi connectivity index (χ3v) is 2.92. The molecule has 0 aliphatic rings. The Morgan fingerprint density at radius 3 is 2.75 bits per heavy atom. The van der Waals surface area contributed by atoms with E-state index >= 15 is 0 Å². The molecule has 0 aliphatic carbocycles. The molecule has 0 heterocycles. The van der Waals surface area contributed by atoms with Crippen LogP contribution in [0, 0.1) is 11.3 Å². The molecule has 2 heteroatoms. The van der Waals surface area contributed by atoms with E-state index in [-0.39, 0.29) is 0 Å². The van der Waals surface area contributed by atoms with Gasteiger partial charge in [-0.3, -0.25) is 0 Å². The molecule has 2 nitrogen and oxygen atoms in total. The van der Waals surface area contributed by atoms with Gasteiger partial charge >= 0.3 is 0 Å². The molecule has 0 radical (unpaired) electrons. The fourth-order valence-corrected chi connectivity index (χ4v) is 1.83. The zero-order valence-electron chi connectivity index (χ0n) is 10.3. The zero-order chi connectivity index (χ0) is 12.0. The summed E-state index contributed by atoms with van der Waals surface area (Å²) in [4.78, 5) is 0. The number of benzene rings is 1. The summed E-state index contributed by atoms with van der Waals surface area (Å²) in [7, 11) is 1.70. The molecule has 16 heavy (non-hydrogen) atoms. The minimum Gasteiger partial charge on any atom is -0.496 e. The third kappa shape index (κ3) is 3.00. The molecule has 1 unspecified atom stereocenters. The van der Waals surface area contributed by atoms with E-state index in [2.05, 4.69) is 32.0 Å². The average molecular weight is 217 g/mol. The summed E-state index contributed by atoms with van der Waals surface area (Å²) in [6.07, 6.45) is 2.52. The number of aryl methyl sites for hydroxylation is 1. The van der Waals surface area contributed by atoms with Crippen LogP contribution in [-0.4, -0.2) is 7.11 Å². The summed E-state index contributed by atoms with van der Waals surface area (Å²) < 4.78 is 5.36. The van der Waals surface area contributed by atoms with Gasteiger partial charge < -0.3 is 4.74 Å². The Morgan fingerprint density at radius 2 is 2.19 bits per heavy atom. The molecule has 1 rings (SSSR count). The lowest BCUT2D eigenvalue weighted by molar-refractivity contribution is 0.405. The van der Waals surface area contributed by atoms with E-state index < -0.39 is 0 Å². The monoisotopic (exact) mass is 217 g/mol. The van der Waals surface area contributed by atoms with Crippen molar-refractivity contribution in [1.29, 1.82) is 5.26 Å². The van der Waals surface area contributed by atoms with E-state index in [1.165, 1.54) is 11.1 Å². The molecule has 86 valence electrons. The van der Waals surface area contributed by atoms with E-state index in [9.17, 15) is 0 Å². The molecule has 1 aromatic carbocycles. The second-order valence-electron chi connectivity index (χ2n) is 4.03. The number of methoxy groups -OCH3 is 1. The Hall–Kier alpha value is -1.49. The lowest BCUT2D eigenvalue weighted by atomic mass is 9.93. The summed E-state index contributed by atoms with van der Waals surface area (Å²) in [6, 6.07) is 8.51. The summed E-state index contributed by atoms with van der Waals surface area (Å²) >= 11 is 0. The molecule has 0 saturated carbocycles. The summed E-state index contributed by atoms with van der Waals surface area (Å²) in [5.41, 5.74) is 2.54. The first kappa shape index (κ1) is 12.6. The van der Waals surface area contributed by atoms with Crippen molar-refractivity contribution in [3.8, 4) is 11.8 Å². The van der Waals surface area contributed by atoms with Crippen LogP contribution >= 0.6 is 0 Å². The summed E-state index contributed by atoms with van der Waals surface area (Å²) in [5, 5.41) is 8.61. The van der Waals surface area contributed by atoms with Gasteiger partial charge in [0.25, 0.3) is 0 Å². The quantitative estimate of drug-likeness (QED) is 0.754. The fourth-order valence-electron chi connectivity index (χ4n) is 1.83. The highest BCUT2D eigenvalue weighted by molar-refractivity contribution is 5.39. The SMILES string of the molecule is CCc1ccc(OC)c(C(C)CCC#N)c1. The van der Waals surface area contributed by atoms with Gasteiger partial charge in [0.05, 0.1) is 13.2 Å². The summed E-state index contributed by atoms with van der Waals surface area (Å²) in [6.45, 7) is 4.29. The number of nitrogens with zero attached hydrogens (tertiary/aromatic N) is 1. The zero-order valence-corrected chi connectivity index (χ0v) is 10.3. The molecule has 0 spiro atoms. The molecule has 0 fully saturated rings. The smallest absolute Gasteiger partial charge is 0.122 e. The Balaban J connectivity index is 2.94. The van der Waals surface area contributed by atoms with Crippen LogP contribution in [0.3, 0.4) is 0 Å². The Morgan fingerprint density at radius 1 is 1.44 bits per heavy atom. The van der Waals surface area contributed by atoms with Crippen molar-refractivity contribution >= 4 is 0 Å². The van der Waals surface area contributed by atoms with Gasteiger partial charge in [0.1, 0.15) is 5.75 Å². The summed E-state index contributed by atoms with van der Waals surface area (Å²) in [5.74, 6) is 1.31. The van der Waals surface area contributed by atoms with Gasteiger partial charge in [-0.1, -0.05) is 26.0 Å². The van der Waals surface area contributed by atoms with Crippen molar-refractivity contribution in [2.45, 2.75) is 39.0 Å². The molecule has 0 amide bonds. The van der Waals surface area contributed by atoms with E-state index in [1.54, 1.807) is 7.11 Å². The maximum absolute atomic E-state index is 8.61. The second kappa shape index (κ2) is 6.17. The Kier molecular flexibility index (Phi) is 4.85. The predicted octanol–water partition coefficient (Wildman–Crippen LogP) is 3.66. The molecule has 1 atom stereocenters. The highest BCUT2D eigenvalue weighted by Crippen LogP contribution is 2.30. The number of hydrogen-bond acceptors (Lipinski definition) is 2. The third-order valence-electron chi connectivity index (χ3n) is 2.92. The Labute approximate surface area is 97.9 Å². The van der Waals surface area contributed by atoms with Crippen LogP contribution in [0.4, 0.5) is 0 Å². The standard InChI is InChI=1S/C14H19NO/c1-4-12-7-8-14(16-3)13(10-12)11(2)6-5-9-15/h7-8,10-11H,4-6H2,1-3H3. The van der Waals surface area contributed by atoms with Crippen molar-refractivity contribution in [2.75, 3.05) is 7.11 Å². The number of nitriles is 1. The lowest BCUT2D eigenvalue weighted by Crippen LogP contribution is -1.99. The number of ether oxygens (including phenoxy) is 1.